The minimum Gasteiger partial charge on any atom is -0.481 e. The lowest BCUT2D eigenvalue weighted by molar-refractivity contribution is -0.135. The minimum absolute atomic E-state index is 0.115. The van der Waals surface area contributed by atoms with Crippen LogP contribution in [0.1, 0.15) is 51.7 Å². The molecule has 6 heterocycles. The van der Waals surface area contributed by atoms with E-state index in [1.165, 1.54) is 6.26 Å². The third-order valence-electron chi connectivity index (χ3n) is 6.68. The maximum atomic E-state index is 13.6. The summed E-state index contributed by atoms with van der Waals surface area (Å²) < 4.78 is 13.5. The highest BCUT2D eigenvalue weighted by atomic mass is 35.5. The summed E-state index contributed by atoms with van der Waals surface area (Å²) in [4.78, 5) is 34.6. The zero-order chi connectivity index (χ0) is 24.8. The van der Waals surface area contributed by atoms with Crippen LogP contribution in [-0.4, -0.2) is 48.5 Å². The van der Waals surface area contributed by atoms with Crippen molar-refractivity contribution in [3.63, 3.8) is 0 Å². The molecule has 0 bridgehead atoms. The number of rotatable bonds is 5. The zero-order valence-electron chi connectivity index (χ0n) is 20.0. The van der Waals surface area contributed by atoms with Gasteiger partial charge in [-0.05, 0) is 38.8 Å². The van der Waals surface area contributed by atoms with Crippen molar-refractivity contribution in [2.45, 2.75) is 52.1 Å². The maximum absolute atomic E-state index is 13.6. The molecule has 186 valence electrons. The predicted molar refractivity (Wildman–Crippen MR) is 134 cm³/mol. The number of carbonyl (C=O) groups is 1. The molecule has 6 rings (SSSR count). The first-order valence-electron chi connectivity index (χ1n) is 12.0. The number of fused-ring (bicyclic) bond motifs is 3. The molecule has 2 aliphatic heterocycles. The van der Waals surface area contributed by atoms with Crippen molar-refractivity contribution in [1.82, 2.24) is 29.4 Å². The van der Waals surface area contributed by atoms with E-state index in [2.05, 4.69) is 19.5 Å². The topological polar surface area (TPSA) is 99.2 Å². The fourth-order valence-corrected chi connectivity index (χ4v) is 6.36. The molecular formula is C25H25ClN6O3S. The van der Waals surface area contributed by atoms with E-state index in [-0.39, 0.29) is 23.7 Å². The van der Waals surface area contributed by atoms with Crippen molar-refractivity contribution in [2.24, 2.45) is 0 Å². The van der Waals surface area contributed by atoms with Crippen LogP contribution in [0.25, 0.3) is 11.6 Å². The molecule has 11 heteroatoms. The first-order valence-corrected chi connectivity index (χ1v) is 13.2. The third kappa shape index (κ3) is 4.08. The van der Waals surface area contributed by atoms with Crippen LogP contribution < -0.4 is 4.74 Å². The molecule has 1 amide bonds. The molecule has 0 saturated heterocycles. The molecule has 4 aromatic rings. The molecule has 1 unspecified atom stereocenters. The molecule has 0 aliphatic carbocycles. The van der Waals surface area contributed by atoms with Crippen LogP contribution in [0.4, 0.5) is 0 Å². The Morgan fingerprint density at radius 2 is 2.08 bits per heavy atom. The van der Waals surface area contributed by atoms with Gasteiger partial charge in [-0.3, -0.25) is 4.79 Å². The van der Waals surface area contributed by atoms with Crippen LogP contribution in [0.5, 0.6) is 5.75 Å². The normalized spacial score (nSPS) is 17.1. The summed E-state index contributed by atoms with van der Waals surface area (Å²) in [5.41, 5.74) is 3.68. The zero-order valence-corrected chi connectivity index (χ0v) is 21.6. The van der Waals surface area contributed by atoms with Crippen LogP contribution in [-0.2, 0) is 24.2 Å². The fraction of sp³-hybridized carbons (Fsp3) is 0.400. The molecule has 0 radical (unpaired) electrons. The highest BCUT2D eigenvalue weighted by molar-refractivity contribution is 7.11. The summed E-state index contributed by atoms with van der Waals surface area (Å²) >= 11 is 7.99. The Bertz CT molecular complexity index is 1430. The number of hydrogen-bond donors (Lipinski definition) is 0. The number of pyridine rings is 1. The quantitative estimate of drug-likeness (QED) is 0.353. The molecular weight excluding hydrogens is 500 g/mol. The Hall–Kier alpha value is -3.24. The first kappa shape index (κ1) is 23.2. The lowest BCUT2D eigenvalue weighted by Crippen LogP contribution is -2.43. The summed E-state index contributed by atoms with van der Waals surface area (Å²) in [6.45, 7) is 5.37. The third-order valence-corrected chi connectivity index (χ3v) is 8.08. The Balaban J connectivity index is 1.28. The average molecular weight is 525 g/mol. The largest absolute Gasteiger partial charge is 0.481 e. The molecule has 2 aliphatic rings. The number of halogens is 1. The number of amides is 1. The van der Waals surface area contributed by atoms with Crippen LogP contribution >= 0.6 is 22.9 Å². The molecule has 0 fully saturated rings. The standard InChI is InChI=1S/C25H25ClN6O3S/c1-14-23(36-15(2)28-14)22-21-16(29-19-5-3-4-10-31(19)21)8-11-32(22)20(33)13-35-18-7-6-17(30-24(18)26)25-27-9-12-34-25/h6-7,9,12,22H,3-5,8,10-11,13H2,1-2H3. The summed E-state index contributed by atoms with van der Waals surface area (Å²) in [6, 6.07) is 3.16. The molecule has 1 atom stereocenters. The number of oxazole rings is 1. The number of ether oxygens (including phenoxy) is 1. The van der Waals surface area contributed by atoms with Gasteiger partial charge >= 0.3 is 0 Å². The SMILES string of the molecule is Cc1nc(C)c(C2c3c(nc4n3CCCC4)CCN2C(=O)COc2ccc(-c3ncco3)nc2Cl)s1. The van der Waals surface area contributed by atoms with E-state index >= 15 is 0 Å². The first-order chi connectivity index (χ1) is 17.5. The molecule has 36 heavy (non-hydrogen) atoms. The van der Waals surface area contributed by atoms with Gasteiger partial charge in [0.15, 0.2) is 17.5 Å². The number of imidazole rings is 1. The van der Waals surface area contributed by atoms with Gasteiger partial charge in [-0.1, -0.05) is 11.6 Å². The van der Waals surface area contributed by atoms with E-state index < -0.39 is 0 Å². The summed E-state index contributed by atoms with van der Waals surface area (Å²) in [5.74, 6) is 1.71. The minimum atomic E-state index is -0.226. The molecule has 0 spiro atoms. The van der Waals surface area contributed by atoms with Crippen molar-refractivity contribution in [1.29, 1.82) is 0 Å². The fourth-order valence-electron chi connectivity index (χ4n) is 5.11. The highest BCUT2D eigenvalue weighted by Gasteiger charge is 2.39. The van der Waals surface area contributed by atoms with Crippen LogP contribution in [0.3, 0.4) is 0 Å². The number of aryl methyl sites for hydroxylation is 3. The number of thiazole rings is 1. The maximum Gasteiger partial charge on any atom is 0.261 e. The van der Waals surface area contributed by atoms with Crippen molar-refractivity contribution in [3.8, 4) is 17.3 Å². The monoisotopic (exact) mass is 524 g/mol. The van der Waals surface area contributed by atoms with E-state index in [0.29, 0.717) is 23.9 Å². The molecule has 0 N–H and O–H groups in total. The van der Waals surface area contributed by atoms with Crippen molar-refractivity contribution in [2.75, 3.05) is 13.2 Å². The smallest absolute Gasteiger partial charge is 0.261 e. The van der Waals surface area contributed by atoms with Crippen LogP contribution in [0, 0.1) is 13.8 Å². The summed E-state index contributed by atoms with van der Waals surface area (Å²) in [6.07, 6.45) is 6.99. The van der Waals surface area contributed by atoms with Gasteiger partial charge in [0.25, 0.3) is 5.91 Å². The number of carbonyl (C=O) groups excluding carboxylic acids is 1. The van der Waals surface area contributed by atoms with E-state index in [9.17, 15) is 4.79 Å². The van der Waals surface area contributed by atoms with Gasteiger partial charge < -0.3 is 18.6 Å². The number of hydrogen-bond acceptors (Lipinski definition) is 8. The Morgan fingerprint density at radius 1 is 1.19 bits per heavy atom. The summed E-state index contributed by atoms with van der Waals surface area (Å²) in [5, 5.41) is 1.13. The lowest BCUT2D eigenvalue weighted by atomic mass is 9.99. The van der Waals surface area contributed by atoms with Gasteiger partial charge in [-0.25, -0.2) is 19.9 Å². The van der Waals surface area contributed by atoms with Crippen LogP contribution in [0.15, 0.2) is 29.0 Å². The Labute approximate surface area is 217 Å². The van der Waals surface area contributed by atoms with Gasteiger partial charge in [-0.15, -0.1) is 11.3 Å². The van der Waals surface area contributed by atoms with Gasteiger partial charge in [0, 0.05) is 25.9 Å². The van der Waals surface area contributed by atoms with Gasteiger partial charge in [0.1, 0.15) is 23.8 Å². The molecule has 0 saturated carbocycles. The van der Waals surface area contributed by atoms with Gasteiger partial charge in [0.05, 0.1) is 33.2 Å². The van der Waals surface area contributed by atoms with E-state index in [1.807, 2.05) is 18.7 Å². The van der Waals surface area contributed by atoms with Crippen molar-refractivity contribution >= 4 is 28.8 Å². The second kappa shape index (κ2) is 9.33. The Morgan fingerprint density at radius 3 is 2.83 bits per heavy atom. The second-order valence-electron chi connectivity index (χ2n) is 9.00. The van der Waals surface area contributed by atoms with Crippen molar-refractivity contribution in [3.05, 3.63) is 62.5 Å². The van der Waals surface area contributed by atoms with Crippen molar-refractivity contribution < 1.29 is 13.9 Å². The molecule has 0 aromatic carbocycles. The van der Waals surface area contributed by atoms with Crippen LogP contribution in [0.2, 0.25) is 5.15 Å². The molecule has 4 aromatic heterocycles. The predicted octanol–water partition coefficient (Wildman–Crippen LogP) is 4.55. The van der Waals surface area contributed by atoms with E-state index in [1.54, 1.807) is 29.7 Å². The van der Waals surface area contributed by atoms with E-state index in [4.69, 9.17) is 25.7 Å². The second-order valence-corrected chi connectivity index (χ2v) is 10.6. The average Bonchev–Trinajstić information content (AvgIpc) is 3.61. The van der Waals surface area contributed by atoms with Gasteiger partial charge in [0.2, 0.25) is 5.89 Å². The van der Waals surface area contributed by atoms with Gasteiger partial charge in [-0.2, -0.15) is 0 Å². The van der Waals surface area contributed by atoms with E-state index in [0.717, 1.165) is 65.0 Å². The Kier molecular flexibility index (Phi) is 6.00. The highest BCUT2D eigenvalue weighted by Crippen LogP contribution is 2.41. The number of aromatic nitrogens is 5. The molecule has 9 nitrogen and oxygen atoms in total. The lowest BCUT2D eigenvalue weighted by Gasteiger charge is -2.36. The summed E-state index contributed by atoms with van der Waals surface area (Å²) in [7, 11) is 0. The number of nitrogens with zero attached hydrogens (tertiary/aromatic N) is 6.